The Kier molecular flexibility index (Phi) is 4.02. The molecular formula is C16H19ClN4O. The van der Waals surface area contributed by atoms with Gasteiger partial charge in [0.05, 0.1) is 11.0 Å². The summed E-state index contributed by atoms with van der Waals surface area (Å²) in [6, 6.07) is 5.58. The number of fused-ring (bicyclic) bond motifs is 1. The first-order chi connectivity index (χ1) is 10.3. The van der Waals surface area contributed by atoms with Crippen molar-refractivity contribution in [2.45, 2.75) is 12.8 Å². The van der Waals surface area contributed by atoms with Gasteiger partial charge in [-0.1, -0.05) is 0 Å². The van der Waals surface area contributed by atoms with E-state index in [0.717, 1.165) is 43.6 Å². The fourth-order valence-corrected chi connectivity index (χ4v) is 3.53. The Balaban J connectivity index is 0.00000144. The van der Waals surface area contributed by atoms with Crippen molar-refractivity contribution in [3.63, 3.8) is 0 Å². The van der Waals surface area contributed by atoms with E-state index >= 15 is 0 Å². The first-order valence-electron chi connectivity index (χ1n) is 7.47. The van der Waals surface area contributed by atoms with Crippen molar-refractivity contribution in [3.8, 4) is 0 Å². The van der Waals surface area contributed by atoms with Crippen LogP contribution in [-0.2, 0) is 0 Å². The van der Waals surface area contributed by atoms with Crippen LogP contribution in [0.25, 0.3) is 11.0 Å². The Hall–Kier alpha value is -1.72. The van der Waals surface area contributed by atoms with Gasteiger partial charge in [0.1, 0.15) is 0 Å². The number of aromatic nitrogens is 2. The molecule has 1 atom stereocenters. The summed E-state index contributed by atoms with van der Waals surface area (Å²) < 4.78 is 0. The second kappa shape index (κ2) is 5.82. The molecule has 2 aliphatic rings. The lowest BCUT2D eigenvalue weighted by Crippen LogP contribution is -2.33. The molecule has 2 fully saturated rings. The number of likely N-dealkylation sites (tertiary alicyclic amines) is 1. The summed E-state index contributed by atoms with van der Waals surface area (Å²) in [5.74, 6) is 0.117. The third-order valence-corrected chi connectivity index (χ3v) is 4.77. The van der Waals surface area contributed by atoms with E-state index in [2.05, 4.69) is 15.3 Å². The highest BCUT2D eigenvalue weighted by molar-refractivity contribution is 5.97. The number of nitrogens with zero attached hydrogens (tertiary/aromatic N) is 3. The maximum absolute atomic E-state index is 12.7. The Bertz CT molecular complexity index is 699. The van der Waals surface area contributed by atoms with Crippen LogP contribution in [-0.4, -0.2) is 47.0 Å². The van der Waals surface area contributed by atoms with Gasteiger partial charge in [-0.15, -0.1) is 12.4 Å². The molecular weight excluding hydrogens is 300 g/mol. The first-order valence-corrected chi connectivity index (χ1v) is 7.47. The number of nitrogens with one attached hydrogen (secondary N) is 1. The molecule has 2 aliphatic heterocycles. The average Bonchev–Trinajstić information content (AvgIpc) is 3.17. The predicted molar refractivity (Wildman–Crippen MR) is 87.2 cm³/mol. The number of hydrogen-bond acceptors (Lipinski definition) is 4. The molecule has 5 nitrogen and oxygen atoms in total. The number of carbonyl (C=O) groups is 1. The molecule has 0 saturated carbocycles. The molecule has 1 spiro atoms. The van der Waals surface area contributed by atoms with Crippen LogP contribution in [0.4, 0.5) is 0 Å². The Morgan fingerprint density at radius 3 is 2.77 bits per heavy atom. The third kappa shape index (κ3) is 2.55. The van der Waals surface area contributed by atoms with E-state index in [4.69, 9.17) is 0 Å². The molecule has 1 aromatic carbocycles. The van der Waals surface area contributed by atoms with Crippen LogP contribution in [0.1, 0.15) is 23.2 Å². The van der Waals surface area contributed by atoms with Crippen LogP contribution in [0.15, 0.2) is 30.6 Å². The number of amides is 1. The lowest BCUT2D eigenvalue weighted by molar-refractivity contribution is 0.0776. The van der Waals surface area contributed by atoms with Crippen molar-refractivity contribution in [1.29, 1.82) is 0 Å². The van der Waals surface area contributed by atoms with Gasteiger partial charge in [-0.25, -0.2) is 0 Å². The van der Waals surface area contributed by atoms with Gasteiger partial charge in [0, 0.05) is 43.0 Å². The molecule has 116 valence electrons. The molecule has 4 rings (SSSR count). The molecule has 2 aromatic rings. The Labute approximate surface area is 135 Å². The van der Waals surface area contributed by atoms with Crippen molar-refractivity contribution >= 4 is 29.3 Å². The Morgan fingerprint density at radius 1 is 1.18 bits per heavy atom. The van der Waals surface area contributed by atoms with Gasteiger partial charge >= 0.3 is 0 Å². The number of hydrogen-bond donors (Lipinski definition) is 1. The second-order valence-corrected chi connectivity index (χ2v) is 6.16. The van der Waals surface area contributed by atoms with Gasteiger partial charge < -0.3 is 10.2 Å². The molecule has 0 bridgehead atoms. The van der Waals surface area contributed by atoms with Crippen molar-refractivity contribution in [2.24, 2.45) is 5.41 Å². The lowest BCUT2D eigenvalue weighted by Gasteiger charge is -2.22. The number of halogens is 1. The van der Waals surface area contributed by atoms with E-state index in [0.29, 0.717) is 11.0 Å². The monoisotopic (exact) mass is 318 g/mol. The van der Waals surface area contributed by atoms with E-state index in [-0.39, 0.29) is 18.3 Å². The zero-order valence-corrected chi connectivity index (χ0v) is 13.1. The van der Waals surface area contributed by atoms with Crippen molar-refractivity contribution in [3.05, 3.63) is 36.2 Å². The van der Waals surface area contributed by atoms with Crippen molar-refractivity contribution in [1.82, 2.24) is 20.2 Å². The molecule has 0 radical (unpaired) electrons. The van der Waals surface area contributed by atoms with E-state index in [1.807, 2.05) is 23.1 Å². The van der Waals surface area contributed by atoms with E-state index in [1.165, 1.54) is 6.42 Å². The molecule has 3 heterocycles. The molecule has 0 aliphatic carbocycles. The summed E-state index contributed by atoms with van der Waals surface area (Å²) in [6.45, 7) is 3.85. The van der Waals surface area contributed by atoms with Crippen LogP contribution in [0, 0.1) is 5.41 Å². The van der Waals surface area contributed by atoms with Gasteiger partial charge in [-0.2, -0.15) is 0 Å². The fraction of sp³-hybridized carbons (Fsp3) is 0.438. The smallest absolute Gasteiger partial charge is 0.253 e. The van der Waals surface area contributed by atoms with Crippen LogP contribution < -0.4 is 5.32 Å². The topological polar surface area (TPSA) is 58.1 Å². The van der Waals surface area contributed by atoms with Crippen LogP contribution in [0.3, 0.4) is 0 Å². The second-order valence-electron chi connectivity index (χ2n) is 6.16. The first kappa shape index (κ1) is 15.2. The molecule has 6 heteroatoms. The highest BCUT2D eigenvalue weighted by atomic mass is 35.5. The Morgan fingerprint density at radius 2 is 2.00 bits per heavy atom. The molecule has 1 N–H and O–H groups in total. The van der Waals surface area contributed by atoms with E-state index in [1.54, 1.807) is 12.4 Å². The fourth-order valence-electron chi connectivity index (χ4n) is 3.53. The summed E-state index contributed by atoms with van der Waals surface area (Å²) in [5.41, 5.74) is 2.63. The standard InChI is InChI=1S/C16H18N4O.ClH/c21-15(20-8-4-16(11-20)3-5-17-10-16)12-1-2-13-14(9-12)19-7-6-18-13;/h1-2,6-7,9,17H,3-5,8,10-11H2;1H. The van der Waals surface area contributed by atoms with Gasteiger partial charge in [-0.3, -0.25) is 14.8 Å². The number of carbonyl (C=O) groups excluding carboxylic acids is 1. The molecule has 2 saturated heterocycles. The zero-order valence-electron chi connectivity index (χ0n) is 12.3. The van der Waals surface area contributed by atoms with Crippen LogP contribution in [0.5, 0.6) is 0 Å². The average molecular weight is 319 g/mol. The summed E-state index contributed by atoms with van der Waals surface area (Å²) in [4.78, 5) is 23.2. The molecule has 22 heavy (non-hydrogen) atoms. The maximum atomic E-state index is 12.7. The van der Waals surface area contributed by atoms with Gasteiger partial charge in [-0.05, 0) is 37.6 Å². The van der Waals surface area contributed by atoms with Gasteiger partial charge in [0.25, 0.3) is 5.91 Å². The van der Waals surface area contributed by atoms with Crippen LogP contribution >= 0.6 is 12.4 Å². The summed E-state index contributed by atoms with van der Waals surface area (Å²) in [6.07, 6.45) is 5.62. The van der Waals surface area contributed by atoms with Gasteiger partial charge in [0.2, 0.25) is 0 Å². The highest BCUT2D eigenvalue weighted by Crippen LogP contribution is 2.36. The number of rotatable bonds is 1. The molecule has 1 aromatic heterocycles. The van der Waals surface area contributed by atoms with E-state index in [9.17, 15) is 4.79 Å². The summed E-state index contributed by atoms with van der Waals surface area (Å²) >= 11 is 0. The summed E-state index contributed by atoms with van der Waals surface area (Å²) in [7, 11) is 0. The van der Waals surface area contributed by atoms with Crippen molar-refractivity contribution in [2.75, 3.05) is 26.2 Å². The van der Waals surface area contributed by atoms with Gasteiger partial charge in [0.15, 0.2) is 0 Å². The lowest BCUT2D eigenvalue weighted by atomic mass is 9.86. The number of benzene rings is 1. The minimum atomic E-state index is 0. The highest BCUT2D eigenvalue weighted by Gasteiger charge is 2.41. The normalized spacial score (nSPS) is 23.9. The van der Waals surface area contributed by atoms with Crippen molar-refractivity contribution < 1.29 is 4.79 Å². The minimum absolute atomic E-state index is 0. The van der Waals surface area contributed by atoms with Crippen LogP contribution in [0.2, 0.25) is 0 Å². The maximum Gasteiger partial charge on any atom is 0.253 e. The zero-order chi connectivity index (χ0) is 14.3. The SMILES string of the molecule is Cl.O=C(c1ccc2nccnc2c1)N1CCC2(CCNC2)C1. The molecule has 1 amide bonds. The summed E-state index contributed by atoms with van der Waals surface area (Å²) in [5, 5.41) is 3.42. The molecule has 1 unspecified atom stereocenters. The predicted octanol–water partition coefficient (Wildman–Crippen LogP) is 1.88. The minimum Gasteiger partial charge on any atom is -0.338 e. The van der Waals surface area contributed by atoms with E-state index < -0.39 is 0 Å². The third-order valence-electron chi connectivity index (χ3n) is 4.77. The largest absolute Gasteiger partial charge is 0.338 e. The quantitative estimate of drug-likeness (QED) is 0.872.